The average molecular weight is 410 g/mol. The van der Waals surface area contributed by atoms with Gasteiger partial charge in [-0.05, 0) is 6.92 Å². The molecule has 0 spiro atoms. The van der Waals surface area contributed by atoms with Gasteiger partial charge in [0.1, 0.15) is 18.3 Å². The topological polar surface area (TPSA) is 207 Å². The molecule has 1 rings (SSSR count). The van der Waals surface area contributed by atoms with Crippen molar-refractivity contribution in [3.8, 4) is 0 Å². The zero-order valence-electron chi connectivity index (χ0n) is 15.4. The fourth-order valence-electron chi connectivity index (χ4n) is 2.58. The van der Waals surface area contributed by atoms with Crippen molar-refractivity contribution >= 4 is 17.8 Å². The molecule has 13 nitrogen and oxygen atoms in total. The number of aliphatic hydroxyl groups is 4. The van der Waals surface area contributed by atoms with Crippen molar-refractivity contribution in [3.63, 3.8) is 0 Å². The Bertz CT molecular complexity index is 560. The summed E-state index contributed by atoms with van der Waals surface area (Å²) in [5.74, 6) is -5.36. The third kappa shape index (κ3) is 5.81. The van der Waals surface area contributed by atoms with E-state index in [4.69, 9.17) is 25.2 Å². The van der Waals surface area contributed by atoms with Gasteiger partial charge in [-0.3, -0.25) is 9.68 Å². The number of carbonyl (C=O) groups is 3. The van der Waals surface area contributed by atoms with E-state index in [1.165, 1.54) is 6.92 Å². The standard InChI is InChI=1S/C15H26N2O11/c1-3-25-14(24)15(28-27-7(2)19)4-8(20)11(17-10(22)5-16)13(26-15)12(23)9(21)6-18/h8-9,11-13,18,20-21,23H,3-6,16H2,1-2H3,(H,17,22)/t8-,9+,11+,12+,13+,15+/m0/s1. The highest BCUT2D eigenvalue weighted by molar-refractivity contribution is 5.79. The molecule has 0 aromatic heterocycles. The summed E-state index contributed by atoms with van der Waals surface area (Å²) in [6.45, 7) is 0.976. The van der Waals surface area contributed by atoms with Crippen LogP contribution in [0.2, 0.25) is 0 Å². The van der Waals surface area contributed by atoms with E-state index in [2.05, 4.69) is 10.2 Å². The lowest BCUT2D eigenvalue weighted by Gasteiger charge is -2.45. The molecule has 0 saturated carbocycles. The lowest BCUT2D eigenvalue weighted by Crippen LogP contribution is -2.68. The molecule has 0 aromatic carbocycles. The van der Waals surface area contributed by atoms with Crippen LogP contribution in [0.4, 0.5) is 0 Å². The number of ether oxygens (including phenoxy) is 2. The number of amides is 1. The molecule has 1 amide bonds. The van der Waals surface area contributed by atoms with E-state index in [-0.39, 0.29) is 6.61 Å². The highest BCUT2D eigenvalue weighted by Gasteiger charge is 2.58. The number of rotatable bonds is 9. The van der Waals surface area contributed by atoms with Gasteiger partial charge in [0.05, 0.1) is 31.9 Å². The van der Waals surface area contributed by atoms with Crippen molar-refractivity contribution in [3.05, 3.63) is 0 Å². The molecule has 0 aromatic rings. The molecule has 28 heavy (non-hydrogen) atoms. The highest BCUT2D eigenvalue weighted by atomic mass is 17.2. The zero-order chi connectivity index (χ0) is 21.5. The fourth-order valence-corrected chi connectivity index (χ4v) is 2.58. The quantitative estimate of drug-likeness (QED) is 0.122. The van der Waals surface area contributed by atoms with E-state index >= 15 is 0 Å². The largest absolute Gasteiger partial charge is 0.462 e. The van der Waals surface area contributed by atoms with Gasteiger partial charge in [0.25, 0.3) is 0 Å². The van der Waals surface area contributed by atoms with E-state index in [0.717, 1.165) is 6.92 Å². The second-order valence-corrected chi connectivity index (χ2v) is 6.02. The number of hydrogen-bond donors (Lipinski definition) is 6. The maximum absolute atomic E-state index is 12.4. The molecule has 13 heteroatoms. The van der Waals surface area contributed by atoms with Crippen LogP contribution < -0.4 is 11.1 Å². The molecule has 1 aliphatic heterocycles. The van der Waals surface area contributed by atoms with E-state index < -0.39 is 73.7 Å². The van der Waals surface area contributed by atoms with Crippen LogP contribution in [-0.4, -0.2) is 94.3 Å². The van der Waals surface area contributed by atoms with Gasteiger partial charge in [0, 0.05) is 13.3 Å². The van der Waals surface area contributed by atoms with Crippen LogP contribution in [0, 0.1) is 0 Å². The minimum atomic E-state index is -2.49. The number of esters is 1. The highest BCUT2D eigenvalue weighted by Crippen LogP contribution is 2.34. The summed E-state index contributed by atoms with van der Waals surface area (Å²) in [5, 5.41) is 41.9. The monoisotopic (exact) mass is 410 g/mol. The first-order valence-electron chi connectivity index (χ1n) is 8.47. The molecule has 6 atom stereocenters. The van der Waals surface area contributed by atoms with E-state index in [9.17, 15) is 29.7 Å². The number of hydrogen-bond acceptors (Lipinski definition) is 12. The Kier molecular flexibility index (Phi) is 9.16. The van der Waals surface area contributed by atoms with Crippen molar-refractivity contribution in [2.24, 2.45) is 5.73 Å². The van der Waals surface area contributed by atoms with Gasteiger partial charge < -0.3 is 41.0 Å². The molecule has 0 aliphatic carbocycles. The molecule has 0 radical (unpaired) electrons. The van der Waals surface area contributed by atoms with Crippen LogP contribution in [0.25, 0.3) is 0 Å². The summed E-state index contributed by atoms with van der Waals surface area (Å²) in [4.78, 5) is 44.3. The predicted octanol–water partition coefficient (Wildman–Crippen LogP) is -3.95. The van der Waals surface area contributed by atoms with Gasteiger partial charge in [-0.1, -0.05) is 0 Å². The molecule has 1 saturated heterocycles. The van der Waals surface area contributed by atoms with Crippen molar-refractivity contribution in [2.45, 2.75) is 56.5 Å². The Balaban J connectivity index is 3.28. The Morgan fingerprint density at radius 2 is 2.00 bits per heavy atom. The number of nitrogens with two attached hydrogens (primary N) is 1. The summed E-state index contributed by atoms with van der Waals surface area (Å²) >= 11 is 0. The number of nitrogens with one attached hydrogen (secondary N) is 1. The smallest absolute Gasteiger partial charge is 0.371 e. The van der Waals surface area contributed by atoms with Gasteiger partial charge in [0.15, 0.2) is 0 Å². The summed E-state index contributed by atoms with van der Waals surface area (Å²) in [7, 11) is 0. The third-order valence-electron chi connectivity index (χ3n) is 3.88. The van der Waals surface area contributed by atoms with E-state index in [1.807, 2.05) is 0 Å². The van der Waals surface area contributed by atoms with E-state index in [1.54, 1.807) is 0 Å². The summed E-state index contributed by atoms with van der Waals surface area (Å²) < 4.78 is 10.3. The third-order valence-corrected chi connectivity index (χ3v) is 3.88. The lowest BCUT2D eigenvalue weighted by atomic mass is 9.88. The zero-order valence-corrected chi connectivity index (χ0v) is 15.4. The fraction of sp³-hybridized carbons (Fsp3) is 0.800. The van der Waals surface area contributed by atoms with Crippen LogP contribution in [-0.2, 0) is 33.6 Å². The van der Waals surface area contributed by atoms with E-state index in [0.29, 0.717) is 0 Å². The van der Waals surface area contributed by atoms with Crippen LogP contribution >= 0.6 is 0 Å². The second-order valence-electron chi connectivity index (χ2n) is 6.02. The summed E-state index contributed by atoms with van der Waals surface area (Å²) in [6, 6.07) is -1.35. The number of aliphatic hydroxyl groups excluding tert-OH is 4. The van der Waals surface area contributed by atoms with Gasteiger partial charge in [0.2, 0.25) is 5.91 Å². The summed E-state index contributed by atoms with van der Waals surface area (Å²) in [5.41, 5.74) is 5.22. The van der Waals surface area contributed by atoms with Gasteiger partial charge in [-0.2, -0.15) is 0 Å². The Labute approximate surface area is 160 Å². The molecule has 0 bridgehead atoms. The molecule has 0 unspecified atom stereocenters. The molecular weight excluding hydrogens is 384 g/mol. The minimum absolute atomic E-state index is 0.122. The Morgan fingerprint density at radius 1 is 1.36 bits per heavy atom. The molecule has 1 heterocycles. The Morgan fingerprint density at radius 3 is 2.50 bits per heavy atom. The lowest BCUT2D eigenvalue weighted by molar-refractivity contribution is -0.421. The molecule has 1 aliphatic rings. The van der Waals surface area contributed by atoms with Crippen molar-refractivity contribution in [1.82, 2.24) is 5.32 Å². The van der Waals surface area contributed by atoms with Crippen LogP contribution in [0.5, 0.6) is 0 Å². The van der Waals surface area contributed by atoms with Crippen LogP contribution in [0.3, 0.4) is 0 Å². The first-order valence-corrected chi connectivity index (χ1v) is 8.47. The van der Waals surface area contributed by atoms with Gasteiger partial charge in [-0.15, -0.1) is 4.89 Å². The van der Waals surface area contributed by atoms with Crippen LogP contribution in [0.15, 0.2) is 0 Å². The molecule has 7 N–H and O–H groups in total. The number of carbonyl (C=O) groups excluding carboxylic acids is 3. The molecule has 162 valence electrons. The molecule has 1 fully saturated rings. The first-order chi connectivity index (χ1) is 13.1. The average Bonchev–Trinajstić information content (AvgIpc) is 2.66. The SMILES string of the molecule is CCOC(=O)[C@]1(OOC(C)=O)C[C@H](O)[C@@H](NC(=O)CN)[C@H]([C@H](O)[C@H](O)CO)O1. The van der Waals surface area contributed by atoms with Crippen molar-refractivity contribution < 1.29 is 54.1 Å². The maximum Gasteiger partial charge on any atom is 0.371 e. The Hall–Kier alpha value is -1.87. The van der Waals surface area contributed by atoms with Gasteiger partial charge in [-0.25, -0.2) is 9.59 Å². The maximum atomic E-state index is 12.4. The van der Waals surface area contributed by atoms with Crippen LogP contribution in [0.1, 0.15) is 20.3 Å². The van der Waals surface area contributed by atoms with Crippen molar-refractivity contribution in [1.29, 1.82) is 0 Å². The van der Waals surface area contributed by atoms with Crippen molar-refractivity contribution in [2.75, 3.05) is 19.8 Å². The first kappa shape index (κ1) is 24.2. The summed E-state index contributed by atoms with van der Waals surface area (Å²) in [6.07, 6.45) is -7.58. The minimum Gasteiger partial charge on any atom is -0.462 e. The predicted molar refractivity (Wildman–Crippen MR) is 87.8 cm³/mol. The second kappa shape index (κ2) is 10.6. The molecular formula is C15H26N2O11. The van der Waals surface area contributed by atoms with Gasteiger partial charge >= 0.3 is 17.7 Å². The normalized spacial score (nSPS) is 29.5.